The minimum Gasteiger partial charge on any atom is -0.396 e. The summed E-state index contributed by atoms with van der Waals surface area (Å²) >= 11 is 0. The second-order valence-electron chi connectivity index (χ2n) is 5.58. The Hall–Kier alpha value is -0.523. The van der Waals surface area contributed by atoms with Crippen LogP contribution in [0.15, 0.2) is 12.2 Å². The molecule has 0 aromatic rings. The van der Waals surface area contributed by atoms with E-state index in [0.29, 0.717) is 23.0 Å². The van der Waals surface area contributed by atoms with Gasteiger partial charge in [0.05, 0.1) is 0 Å². The molecular weight excluding hydrogens is 224 g/mol. The fraction of sp³-hybridized carbons (Fsp3) is 0.733. The molecule has 0 saturated heterocycles. The number of aliphatic hydroxyl groups excluding tert-OH is 1. The number of aliphatic hydroxyl groups is 1. The minimum absolute atomic E-state index is 0.208. The zero-order valence-corrected chi connectivity index (χ0v) is 13.2. The van der Waals surface area contributed by atoms with Crippen LogP contribution in [0.1, 0.15) is 48.0 Å². The first-order valence-electron chi connectivity index (χ1n) is 6.68. The summed E-state index contributed by atoms with van der Waals surface area (Å²) in [5.74, 6) is 3.23. The van der Waals surface area contributed by atoms with Gasteiger partial charge in [-0.15, -0.1) is 5.54 Å². The molecule has 0 radical (unpaired) electrons. The van der Waals surface area contributed by atoms with Gasteiger partial charge >= 0.3 is 0 Å². The van der Waals surface area contributed by atoms with E-state index in [1.54, 1.807) is 0 Å². The molecule has 0 aliphatic carbocycles. The van der Waals surface area contributed by atoms with Crippen LogP contribution in [0.4, 0.5) is 0 Å². The number of rotatable bonds is 5. The van der Waals surface area contributed by atoms with Crippen molar-refractivity contribution in [2.24, 2.45) is 0 Å². The van der Waals surface area contributed by atoms with Gasteiger partial charge in [-0.2, -0.15) is 0 Å². The molecule has 0 heterocycles. The summed E-state index contributed by atoms with van der Waals surface area (Å²) in [4.78, 5) is 0. The van der Waals surface area contributed by atoms with Crippen molar-refractivity contribution in [2.45, 2.75) is 64.6 Å². The van der Waals surface area contributed by atoms with Gasteiger partial charge in [-0.05, 0) is 29.1 Å². The smallest absolute Gasteiger partial charge is 0.146 e. The monoisotopic (exact) mass is 252 g/mol. The quantitative estimate of drug-likeness (QED) is 0.576. The summed E-state index contributed by atoms with van der Waals surface area (Å²) < 4.78 is 0. The SMILES string of the molecule is CC(C)[Si](C#C/C=C\CCO)(C(C)C)C(C)C. The van der Waals surface area contributed by atoms with Gasteiger partial charge in [0.2, 0.25) is 0 Å². The van der Waals surface area contributed by atoms with E-state index in [2.05, 4.69) is 53.0 Å². The predicted octanol–water partition coefficient (Wildman–Crippen LogP) is 4.15. The average molecular weight is 252 g/mol. The highest BCUT2D eigenvalue weighted by atomic mass is 28.3. The molecular formula is C15H28OSi. The lowest BCUT2D eigenvalue weighted by atomic mass is 10.4. The molecule has 0 aromatic heterocycles. The van der Waals surface area contributed by atoms with Crippen LogP contribution in [-0.4, -0.2) is 19.8 Å². The third kappa shape index (κ3) is 4.33. The molecule has 0 fully saturated rings. The third-order valence-corrected chi connectivity index (χ3v) is 9.96. The summed E-state index contributed by atoms with van der Waals surface area (Å²) in [5.41, 5.74) is 5.66. The highest BCUT2D eigenvalue weighted by Crippen LogP contribution is 2.40. The summed E-state index contributed by atoms with van der Waals surface area (Å²) in [7, 11) is -1.56. The van der Waals surface area contributed by atoms with Gasteiger partial charge in [-0.1, -0.05) is 53.5 Å². The Balaban J connectivity index is 5.05. The van der Waals surface area contributed by atoms with E-state index in [0.717, 1.165) is 0 Å². The van der Waals surface area contributed by atoms with Crippen LogP contribution in [0.5, 0.6) is 0 Å². The predicted molar refractivity (Wildman–Crippen MR) is 79.7 cm³/mol. The van der Waals surface area contributed by atoms with Gasteiger partial charge in [-0.25, -0.2) is 0 Å². The van der Waals surface area contributed by atoms with Crippen molar-refractivity contribution in [3.05, 3.63) is 12.2 Å². The zero-order chi connectivity index (χ0) is 13.5. The lowest BCUT2D eigenvalue weighted by Crippen LogP contribution is -2.43. The Labute approximate surface area is 108 Å². The Kier molecular flexibility index (Phi) is 7.50. The van der Waals surface area contributed by atoms with E-state index in [1.807, 2.05) is 12.2 Å². The van der Waals surface area contributed by atoms with Crippen LogP contribution < -0.4 is 0 Å². The first kappa shape index (κ1) is 16.5. The first-order valence-corrected chi connectivity index (χ1v) is 8.91. The van der Waals surface area contributed by atoms with E-state index in [4.69, 9.17) is 5.11 Å². The molecule has 0 aliphatic rings. The Morgan fingerprint density at radius 2 is 1.47 bits per heavy atom. The molecule has 0 unspecified atom stereocenters. The second-order valence-corrected chi connectivity index (χ2v) is 11.2. The molecule has 17 heavy (non-hydrogen) atoms. The Bertz CT molecular complexity index is 270. The van der Waals surface area contributed by atoms with Gasteiger partial charge in [0.1, 0.15) is 8.07 Å². The van der Waals surface area contributed by atoms with Crippen LogP contribution in [0.25, 0.3) is 0 Å². The van der Waals surface area contributed by atoms with Crippen LogP contribution in [-0.2, 0) is 0 Å². The third-order valence-electron chi connectivity index (χ3n) is 3.65. The van der Waals surface area contributed by atoms with Crippen molar-refractivity contribution in [2.75, 3.05) is 6.61 Å². The zero-order valence-electron chi connectivity index (χ0n) is 12.2. The average Bonchev–Trinajstić information content (AvgIpc) is 2.21. The topological polar surface area (TPSA) is 20.2 Å². The lowest BCUT2D eigenvalue weighted by molar-refractivity contribution is 0.302. The van der Waals surface area contributed by atoms with E-state index in [-0.39, 0.29) is 6.61 Å². The molecule has 98 valence electrons. The molecule has 1 nitrogen and oxygen atoms in total. The summed E-state index contributed by atoms with van der Waals surface area (Å²) in [6.45, 7) is 14.1. The molecule has 1 N–H and O–H groups in total. The number of hydrogen-bond donors (Lipinski definition) is 1. The summed E-state index contributed by atoms with van der Waals surface area (Å²) in [6.07, 6.45) is 4.56. The molecule has 2 heteroatoms. The van der Waals surface area contributed by atoms with Crippen molar-refractivity contribution < 1.29 is 5.11 Å². The van der Waals surface area contributed by atoms with Gasteiger partial charge in [0, 0.05) is 6.61 Å². The normalized spacial score (nSPS) is 12.6. The largest absolute Gasteiger partial charge is 0.396 e. The van der Waals surface area contributed by atoms with E-state index < -0.39 is 8.07 Å². The van der Waals surface area contributed by atoms with Gasteiger partial charge < -0.3 is 5.11 Å². The van der Waals surface area contributed by atoms with Crippen molar-refractivity contribution in [1.82, 2.24) is 0 Å². The molecule has 0 amide bonds. The summed E-state index contributed by atoms with van der Waals surface area (Å²) in [6, 6.07) is 0. The van der Waals surface area contributed by atoms with Crippen LogP contribution in [0, 0.1) is 11.5 Å². The van der Waals surface area contributed by atoms with Crippen molar-refractivity contribution in [3.63, 3.8) is 0 Å². The molecule has 0 aromatic carbocycles. The highest BCUT2D eigenvalue weighted by Gasteiger charge is 2.41. The molecule has 0 spiro atoms. The fourth-order valence-corrected chi connectivity index (χ4v) is 8.02. The van der Waals surface area contributed by atoms with E-state index >= 15 is 0 Å². The standard InChI is InChI=1S/C15H28OSi/c1-13(2)17(14(3)4,15(5)6)12-10-8-7-9-11-16/h7-8,13-16H,9,11H2,1-6H3/b8-7-. The van der Waals surface area contributed by atoms with Crippen LogP contribution >= 0.6 is 0 Å². The van der Waals surface area contributed by atoms with Gasteiger partial charge in [-0.3, -0.25) is 0 Å². The maximum atomic E-state index is 8.70. The van der Waals surface area contributed by atoms with Crippen molar-refractivity contribution >= 4 is 8.07 Å². The minimum atomic E-state index is -1.56. The van der Waals surface area contributed by atoms with Gasteiger partial charge in [0.25, 0.3) is 0 Å². The maximum Gasteiger partial charge on any atom is 0.146 e. The Morgan fingerprint density at radius 3 is 1.82 bits per heavy atom. The Morgan fingerprint density at radius 1 is 1.00 bits per heavy atom. The van der Waals surface area contributed by atoms with Crippen molar-refractivity contribution in [3.8, 4) is 11.5 Å². The van der Waals surface area contributed by atoms with E-state index in [9.17, 15) is 0 Å². The molecule has 0 rings (SSSR count). The summed E-state index contributed by atoms with van der Waals surface area (Å²) in [5, 5.41) is 8.70. The molecule has 0 atom stereocenters. The maximum absolute atomic E-state index is 8.70. The van der Waals surface area contributed by atoms with Crippen LogP contribution in [0.2, 0.25) is 16.6 Å². The van der Waals surface area contributed by atoms with Crippen molar-refractivity contribution in [1.29, 1.82) is 0 Å². The second kappa shape index (κ2) is 7.74. The number of allylic oxidation sites excluding steroid dienone is 1. The first-order chi connectivity index (χ1) is 7.89. The van der Waals surface area contributed by atoms with E-state index in [1.165, 1.54) is 0 Å². The highest BCUT2D eigenvalue weighted by molar-refractivity contribution is 6.90. The molecule has 0 saturated carbocycles. The fourth-order valence-electron chi connectivity index (χ4n) is 2.82. The lowest BCUT2D eigenvalue weighted by Gasteiger charge is -2.37. The van der Waals surface area contributed by atoms with Crippen LogP contribution in [0.3, 0.4) is 0 Å². The molecule has 0 bridgehead atoms. The molecule has 0 aliphatic heterocycles. The number of hydrogen-bond acceptors (Lipinski definition) is 1. The van der Waals surface area contributed by atoms with Gasteiger partial charge in [0.15, 0.2) is 0 Å².